The van der Waals surface area contributed by atoms with Gasteiger partial charge in [0.1, 0.15) is 16.4 Å². The van der Waals surface area contributed by atoms with E-state index in [2.05, 4.69) is 24.1 Å². The Hall–Kier alpha value is -2.08. The van der Waals surface area contributed by atoms with Crippen LogP contribution in [-0.2, 0) is 0 Å². The third-order valence-electron chi connectivity index (χ3n) is 3.17. The maximum atomic E-state index is 12.5. The molecule has 0 saturated carbocycles. The SMILES string of the molecule is COc1ccc(OC)c(NC(=O)c2sc(C(C)C)nc2C)c1. The predicted octanol–water partition coefficient (Wildman–Crippen LogP) is 3.84. The molecule has 1 amide bonds. The maximum Gasteiger partial charge on any atom is 0.267 e. The van der Waals surface area contributed by atoms with Crippen LogP contribution < -0.4 is 14.8 Å². The van der Waals surface area contributed by atoms with Crippen molar-refractivity contribution in [2.75, 3.05) is 19.5 Å². The summed E-state index contributed by atoms with van der Waals surface area (Å²) in [6, 6.07) is 5.27. The van der Waals surface area contributed by atoms with Gasteiger partial charge in [0.05, 0.1) is 30.6 Å². The molecule has 1 aromatic carbocycles. The fraction of sp³-hybridized carbons (Fsp3) is 0.375. The normalized spacial score (nSPS) is 10.6. The van der Waals surface area contributed by atoms with Crippen molar-refractivity contribution >= 4 is 22.9 Å². The molecule has 0 radical (unpaired) electrons. The molecule has 6 heteroatoms. The number of anilines is 1. The van der Waals surface area contributed by atoms with Crippen LogP contribution in [-0.4, -0.2) is 25.1 Å². The number of benzene rings is 1. The number of hydrogen-bond acceptors (Lipinski definition) is 5. The summed E-state index contributed by atoms with van der Waals surface area (Å²) >= 11 is 1.42. The first-order valence-electron chi connectivity index (χ1n) is 6.97. The van der Waals surface area contributed by atoms with E-state index in [0.29, 0.717) is 28.0 Å². The number of ether oxygens (including phenoxy) is 2. The minimum atomic E-state index is -0.187. The van der Waals surface area contributed by atoms with Gasteiger partial charge in [0, 0.05) is 12.0 Å². The third-order valence-corrected chi connectivity index (χ3v) is 4.62. The van der Waals surface area contributed by atoms with E-state index in [4.69, 9.17) is 9.47 Å². The van der Waals surface area contributed by atoms with E-state index in [0.717, 1.165) is 10.7 Å². The Labute approximate surface area is 134 Å². The summed E-state index contributed by atoms with van der Waals surface area (Å²) in [6.07, 6.45) is 0. The minimum absolute atomic E-state index is 0.187. The topological polar surface area (TPSA) is 60.5 Å². The summed E-state index contributed by atoms with van der Waals surface area (Å²) in [6.45, 7) is 5.97. The van der Waals surface area contributed by atoms with Crippen molar-refractivity contribution in [1.82, 2.24) is 4.98 Å². The van der Waals surface area contributed by atoms with Crippen molar-refractivity contribution in [1.29, 1.82) is 0 Å². The summed E-state index contributed by atoms with van der Waals surface area (Å²) in [5, 5.41) is 3.83. The second kappa shape index (κ2) is 6.79. The number of nitrogens with zero attached hydrogens (tertiary/aromatic N) is 1. The van der Waals surface area contributed by atoms with Gasteiger partial charge in [-0.25, -0.2) is 4.98 Å². The lowest BCUT2D eigenvalue weighted by atomic mass is 10.2. The second-order valence-corrected chi connectivity index (χ2v) is 6.17. The molecule has 0 fully saturated rings. The number of thiazole rings is 1. The van der Waals surface area contributed by atoms with Crippen LogP contribution in [0.25, 0.3) is 0 Å². The van der Waals surface area contributed by atoms with Gasteiger partial charge in [-0.05, 0) is 19.1 Å². The van der Waals surface area contributed by atoms with E-state index in [-0.39, 0.29) is 5.91 Å². The van der Waals surface area contributed by atoms with E-state index in [1.807, 2.05) is 6.92 Å². The lowest BCUT2D eigenvalue weighted by Gasteiger charge is -2.11. The predicted molar refractivity (Wildman–Crippen MR) is 88.4 cm³/mol. The molecule has 5 nitrogen and oxygen atoms in total. The van der Waals surface area contributed by atoms with E-state index >= 15 is 0 Å². The van der Waals surface area contributed by atoms with Gasteiger partial charge in [0.2, 0.25) is 0 Å². The van der Waals surface area contributed by atoms with E-state index in [1.54, 1.807) is 32.4 Å². The van der Waals surface area contributed by atoms with E-state index in [9.17, 15) is 4.79 Å². The quantitative estimate of drug-likeness (QED) is 0.909. The van der Waals surface area contributed by atoms with Gasteiger partial charge in [-0.15, -0.1) is 11.3 Å². The third kappa shape index (κ3) is 3.39. The maximum absolute atomic E-state index is 12.5. The Morgan fingerprint density at radius 2 is 2.00 bits per heavy atom. The lowest BCUT2D eigenvalue weighted by molar-refractivity contribution is 0.102. The number of hydrogen-bond donors (Lipinski definition) is 1. The van der Waals surface area contributed by atoms with Crippen molar-refractivity contribution in [3.63, 3.8) is 0 Å². The molecule has 118 valence electrons. The number of nitrogens with one attached hydrogen (secondary N) is 1. The monoisotopic (exact) mass is 320 g/mol. The van der Waals surface area contributed by atoms with Crippen LogP contribution in [0.5, 0.6) is 11.5 Å². The van der Waals surface area contributed by atoms with Crippen molar-refractivity contribution in [3.8, 4) is 11.5 Å². The number of aryl methyl sites for hydroxylation is 1. The zero-order chi connectivity index (χ0) is 16.3. The Morgan fingerprint density at radius 1 is 1.27 bits per heavy atom. The van der Waals surface area contributed by atoms with Crippen LogP contribution in [0.3, 0.4) is 0 Å². The van der Waals surface area contributed by atoms with E-state index in [1.165, 1.54) is 11.3 Å². The lowest BCUT2D eigenvalue weighted by Crippen LogP contribution is -2.12. The molecular formula is C16H20N2O3S. The molecule has 1 heterocycles. The number of methoxy groups -OCH3 is 2. The zero-order valence-electron chi connectivity index (χ0n) is 13.4. The van der Waals surface area contributed by atoms with Crippen molar-refractivity contribution in [3.05, 3.63) is 33.8 Å². The summed E-state index contributed by atoms with van der Waals surface area (Å²) in [4.78, 5) is 17.6. The summed E-state index contributed by atoms with van der Waals surface area (Å²) in [5.41, 5.74) is 1.32. The van der Waals surface area contributed by atoms with Crippen LogP contribution >= 0.6 is 11.3 Å². The van der Waals surface area contributed by atoms with Gasteiger partial charge < -0.3 is 14.8 Å². The van der Waals surface area contributed by atoms with E-state index < -0.39 is 0 Å². The standard InChI is InChI=1S/C16H20N2O3S/c1-9(2)16-17-10(3)14(22-16)15(19)18-12-8-11(20-4)6-7-13(12)21-5/h6-9H,1-5H3,(H,18,19). The number of carbonyl (C=O) groups excluding carboxylic acids is 1. The molecule has 22 heavy (non-hydrogen) atoms. The highest BCUT2D eigenvalue weighted by Crippen LogP contribution is 2.31. The number of carbonyl (C=O) groups is 1. The Kier molecular flexibility index (Phi) is 5.03. The van der Waals surface area contributed by atoms with Crippen LogP contribution in [0, 0.1) is 6.92 Å². The Balaban J connectivity index is 2.28. The molecule has 0 spiro atoms. The number of rotatable bonds is 5. The first kappa shape index (κ1) is 16.3. The van der Waals surface area contributed by atoms with Crippen molar-refractivity contribution in [2.24, 2.45) is 0 Å². The van der Waals surface area contributed by atoms with Crippen LogP contribution in [0.4, 0.5) is 5.69 Å². The fourth-order valence-electron chi connectivity index (χ4n) is 1.97. The molecule has 0 unspecified atom stereocenters. The summed E-state index contributed by atoms with van der Waals surface area (Å²) < 4.78 is 10.5. The molecular weight excluding hydrogens is 300 g/mol. The van der Waals surface area contributed by atoms with Crippen LogP contribution in [0.1, 0.15) is 40.1 Å². The molecule has 0 aliphatic carbocycles. The molecule has 0 aliphatic heterocycles. The van der Waals surface area contributed by atoms with Crippen LogP contribution in [0.15, 0.2) is 18.2 Å². The van der Waals surface area contributed by atoms with Gasteiger partial charge in [0.15, 0.2) is 0 Å². The highest BCUT2D eigenvalue weighted by molar-refractivity contribution is 7.14. The molecule has 2 rings (SSSR count). The zero-order valence-corrected chi connectivity index (χ0v) is 14.2. The Bertz CT molecular complexity index is 680. The molecule has 1 aromatic heterocycles. The number of aromatic nitrogens is 1. The Morgan fingerprint density at radius 3 is 2.55 bits per heavy atom. The molecule has 1 N–H and O–H groups in total. The molecule has 2 aromatic rings. The number of amides is 1. The van der Waals surface area contributed by atoms with Gasteiger partial charge in [-0.3, -0.25) is 4.79 Å². The summed E-state index contributed by atoms with van der Waals surface area (Å²) in [5.74, 6) is 1.35. The molecule has 0 bridgehead atoms. The molecule has 0 aliphatic rings. The van der Waals surface area contributed by atoms with Crippen molar-refractivity contribution in [2.45, 2.75) is 26.7 Å². The van der Waals surface area contributed by atoms with Gasteiger partial charge in [-0.1, -0.05) is 13.8 Å². The second-order valence-electron chi connectivity index (χ2n) is 5.14. The first-order chi connectivity index (χ1) is 10.5. The van der Waals surface area contributed by atoms with Crippen LogP contribution in [0.2, 0.25) is 0 Å². The highest BCUT2D eigenvalue weighted by atomic mass is 32.1. The fourth-order valence-corrected chi connectivity index (χ4v) is 2.93. The molecule has 0 atom stereocenters. The summed E-state index contributed by atoms with van der Waals surface area (Å²) in [7, 11) is 3.14. The van der Waals surface area contributed by atoms with Gasteiger partial charge in [-0.2, -0.15) is 0 Å². The highest BCUT2D eigenvalue weighted by Gasteiger charge is 2.18. The van der Waals surface area contributed by atoms with Crippen molar-refractivity contribution < 1.29 is 14.3 Å². The largest absolute Gasteiger partial charge is 0.497 e. The minimum Gasteiger partial charge on any atom is -0.497 e. The average Bonchev–Trinajstić information content (AvgIpc) is 2.89. The average molecular weight is 320 g/mol. The first-order valence-corrected chi connectivity index (χ1v) is 7.78. The van der Waals surface area contributed by atoms with Gasteiger partial charge in [0.25, 0.3) is 5.91 Å². The van der Waals surface area contributed by atoms with Gasteiger partial charge >= 0.3 is 0 Å². The smallest absolute Gasteiger partial charge is 0.267 e. The molecule has 0 saturated heterocycles.